The van der Waals surface area contributed by atoms with E-state index in [4.69, 9.17) is 10.6 Å². The van der Waals surface area contributed by atoms with Crippen molar-refractivity contribution >= 4 is 17.9 Å². The molecule has 1 heterocycles. The Morgan fingerprint density at radius 2 is 1.85 bits per heavy atom. The van der Waals surface area contributed by atoms with Gasteiger partial charge in [0.05, 0.1) is 5.92 Å². The van der Waals surface area contributed by atoms with Crippen LogP contribution in [0.3, 0.4) is 0 Å². The normalized spacial score (nSPS) is 17.6. The largest absolute Gasteiger partial charge is 0.442 e. The van der Waals surface area contributed by atoms with E-state index in [1.807, 2.05) is 0 Å². The number of hydrazine groups is 1. The zero-order chi connectivity index (χ0) is 19.5. The van der Waals surface area contributed by atoms with Crippen LogP contribution in [-0.2, 0) is 9.53 Å². The van der Waals surface area contributed by atoms with E-state index >= 15 is 0 Å². The Hall–Kier alpha value is -2.48. The summed E-state index contributed by atoms with van der Waals surface area (Å²) in [7, 11) is 0. The van der Waals surface area contributed by atoms with Crippen LogP contribution >= 0.6 is 0 Å². The van der Waals surface area contributed by atoms with Gasteiger partial charge in [0.2, 0.25) is 0 Å². The van der Waals surface area contributed by atoms with Crippen LogP contribution < -0.4 is 5.84 Å². The number of ether oxygens (including phenoxy) is 1. The molecule has 0 unspecified atom stereocenters. The fourth-order valence-electron chi connectivity index (χ4n) is 2.74. The lowest BCUT2D eigenvalue weighted by molar-refractivity contribution is -0.136. The highest BCUT2D eigenvalue weighted by Crippen LogP contribution is 2.21. The molecule has 1 aliphatic heterocycles. The first-order valence-corrected chi connectivity index (χ1v) is 8.45. The number of rotatable bonds is 2. The number of amides is 3. The molecule has 26 heavy (non-hydrogen) atoms. The SMILES string of the molecule is CC(C)(C)OC(=O)N(N)C(=O)[C@H]1CCCN(C(=O)c2ccc(F)cc2)C1. The van der Waals surface area contributed by atoms with E-state index in [-0.39, 0.29) is 12.5 Å². The molecule has 1 atom stereocenters. The number of carbonyl (C=O) groups excluding carboxylic acids is 3. The van der Waals surface area contributed by atoms with E-state index < -0.39 is 29.3 Å². The number of benzene rings is 1. The molecule has 8 heteroatoms. The molecule has 1 aliphatic rings. The summed E-state index contributed by atoms with van der Waals surface area (Å²) in [6.07, 6.45) is 0.193. The van der Waals surface area contributed by atoms with Gasteiger partial charge in [-0.25, -0.2) is 15.0 Å². The summed E-state index contributed by atoms with van der Waals surface area (Å²) in [5, 5.41) is 0.474. The second-order valence-corrected chi connectivity index (χ2v) is 7.29. The van der Waals surface area contributed by atoms with Gasteiger partial charge in [-0.1, -0.05) is 0 Å². The quantitative estimate of drug-likeness (QED) is 0.493. The lowest BCUT2D eigenvalue weighted by Gasteiger charge is -2.33. The first-order chi connectivity index (χ1) is 12.1. The third kappa shape index (κ3) is 5.01. The maximum atomic E-state index is 13.0. The van der Waals surface area contributed by atoms with E-state index in [9.17, 15) is 18.8 Å². The van der Waals surface area contributed by atoms with E-state index in [0.29, 0.717) is 30.0 Å². The molecular weight excluding hydrogens is 341 g/mol. The zero-order valence-electron chi connectivity index (χ0n) is 15.2. The Kier molecular flexibility index (Phi) is 5.97. The Bertz CT molecular complexity index is 685. The van der Waals surface area contributed by atoms with Crippen molar-refractivity contribution in [2.45, 2.75) is 39.2 Å². The molecule has 1 saturated heterocycles. The topological polar surface area (TPSA) is 92.9 Å². The lowest BCUT2D eigenvalue weighted by atomic mass is 9.96. The van der Waals surface area contributed by atoms with Gasteiger partial charge in [-0.05, 0) is 57.9 Å². The Labute approximate surface area is 151 Å². The summed E-state index contributed by atoms with van der Waals surface area (Å²) in [5.41, 5.74) is -0.428. The van der Waals surface area contributed by atoms with Crippen molar-refractivity contribution in [2.75, 3.05) is 13.1 Å². The minimum absolute atomic E-state index is 0.144. The summed E-state index contributed by atoms with van der Waals surface area (Å²) in [5.74, 6) is 3.72. The molecule has 1 aromatic carbocycles. The minimum Gasteiger partial charge on any atom is -0.442 e. The predicted molar refractivity (Wildman–Crippen MR) is 92.3 cm³/mol. The maximum absolute atomic E-state index is 13.0. The molecule has 0 aliphatic carbocycles. The second-order valence-electron chi connectivity index (χ2n) is 7.29. The summed E-state index contributed by atoms with van der Waals surface area (Å²) in [6, 6.07) is 5.23. The number of halogens is 1. The van der Waals surface area contributed by atoms with Crippen LogP contribution in [0.4, 0.5) is 9.18 Å². The van der Waals surface area contributed by atoms with Crippen molar-refractivity contribution in [2.24, 2.45) is 11.8 Å². The van der Waals surface area contributed by atoms with Gasteiger partial charge in [0.1, 0.15) is 11.4 Å². The van der Waals surface area contributed by atoms with Gasteiger partial charge in [-0.15, -0.1) is 0 Å². The van der Waals surface area contributed by atoms with E-state index in [2.05, 4.69) is 0 Å². The van der Waals surface area contributed by atoms with E-state index in [0.717, 1.165) is 0 Å². The van der Waals surface area contributed by atoms with Crippen molar-refractivity contribution in [3.63, 3.8) is 0 Å². The van der Waals surface area contributed by atoms with Crippen molar-refractivity contribution in [3.8, 4) is 0 Å². The van der Waals surface area contributed by atoms with Crippen molar-refractivity contribution in [1.82, 2.24) is 9.91 Å². The number of imide groups is 1. The molecule has 1 fully saturated rings. The van der Waals surface area contributed by atoms with E-state index in [1.165, 1.54) is 29.2 Å². The van der Waals surface area contributed by atoms with Gasteiger partial charge >= 0.3 is 6.09 Å². The van der Waals surface area contributed by atoms with Crippen molar-refractivity contribution in [3.05, 3.63) is 35.6 Å². The average Bonchev–Trinajstić information content (AvgIpc) is 2.59. The predicted octanol–water partition coefficient (Wildman–Crippen LogP) is 2.32. The maximum Gasteiger partial charge on any atom is 0.431 e. The fourth-order valence-corrected chi connectivity index (χ4v) is 2.74. The van der Waals surface area contributed by atoms with Crippen LogP contribution in [0.25, 0.3) is 0 Å². The van der Waals surface area contributed by atoms with Crippen LogP contribution in [0.15, 0.2) is 24.3 Å². The van der Waals surface area contributed by atoms with E-state index in [1.54, 1.807) is 20.8 Å². The van der Waals surface area contributed by atoms with Crippen LogP contribution in [0.1, 0.15) is 44.0 Å². The van der Waals surface area contributed by atoms with Crippen molar-refractivity contribution in [1.29, 1.82) is 0 Å². The Morgan fingerprint density at radius 1 is 1.23 bits per heavy atom. The highest BCUT2D eigenvalue weighted by Gasteiger charge is 2.34. The number of carbonyl (C=O) groups is 3. The Morgan fingerprint density at radius 3 is 2.42 bits per heavy atom. The number of hydrogen-bond donors (Lipinski definition) is 1. The van der Waals surface area contributed by atoms with Gasteiger partial charge in [0, 0.05) is 18.7 Å². The number of nitrogens with zero attached hydrogens (tertiary/aromatic N) is 2. The average molecular weight is 365 g/mol. The van der Waals surface area contributed by atoms with Gasteiger partial charge in [0.25, 0.3) is 11.8 Å². The standard InChI is InChI=1S/C18H24FN3O4/c1-18(2,3)26-17(25)22(20)16(24)13-5-4-10-21(11-13)15(23)12-6-8-14(19)9-7-12/h6-9,13H,4-5,10-11,20H2,1-3H3/t13-/m0/s1. The first-order valence-electron chi connectivity index (χ1n) is 8.45. The molecule has 0 radical (unpaired) electrons. The summed E-state index contributed by atoms with van der Waals surface area (Å²) >= 11 is 0. The molecule has 2 rings (SSSR count). The fraction of sp³-hybridized carbons (Fsp3) is 0.500. The molecule has 0 spiro atoms. The summed E-state index contributed by atoms with van der Waals surface area (Å²) < 4.78 is 18.1. The molecule has 3 amide bonds. The molecule has 7 nitrogen and oxygen atoms in total. The van der Waals surface area contributed by atoms with Crippen LogP contribution in [0.2, 0.25) is 0 Å². The molecule has 1 aromatic rings. The first kappa shape index (κ1) is 19.8. The number of nitrogens with two attached hydrogens (primary N) is 1. The monoisotopic (exact) mass is 365 g/mol. The summed E-state index contributed by atoms with van der Waals surface area (Å²) in [4.78, 5) is 38.5. The van der Waals surface area contributed by atoms with Gasteiger partial charge in [0.15, 0.2) is 0 Å². The van der Waals surface area contributed by atoms with Crippen LogP contribution in [0, 0.1) is 11.7 Å². The van der Waals surface area contributed by atoms with Crippen LogP contribution in [0.5, 0.6) is 0 Å². The number of likely N-dealkylation sites (tertiary alicyclic amines) is 1. The van der Waals surface area contributed by atoms with Gasteiger partial charge < -0.3 is 9.64 Å². The van der Waals surface area contributed by atoms with Gasteiger partial charge in [-0.2, -0.15) is 5.01 Å². The number of piperidine rings is 1. The molecule has 2 N–H and O–H groups in total. The van der Waals surface area contributed by atoms with Crippen LogP contribution in [-0.4, -0.2) is 46.5 Å². The molecule has 0 aromatic heterocycles. The molecular formula is C18H24FN3O4. The highest BCUT2D eigenvalue weighted by molar-refractivity contribution is 5.96. The molecule has 142 valence electrons. The molecule has 0 bridgehead atoms. The zero-order valence-corrected chi connectivity index (χ0v) is 15.2. The Balaban J connectivity index is 2.02. The van der Waals surface area contributed by atoms with Crippen molar-refractivity contribution < 1.29 is 23.5 Å². The minimum atomic E-state index is -0.926. The van der Waals surface area contributed by atoms with Gasteiger partial charge in [-0.3, -0.25) is 9.59 Å². The highest BCUT2D eigenvalue weighted by atomic mass is 19.1. The third-order valence-corrected chi connectivity index (χ3v) is 3.98. The third-order valence-electron chi connectivity index (χ3n) is 3.98. The summed E-state index contributed by atoms with van der Waals surface area (Å²) in [6.45, 7) is 5.65. The smallest absolute Gasteiger partial charge is 0.431 e. The molecule has 0 saturated carbocycles. The lowest BCUT2D eigenvalue weighted by Crippen LogP contribution is -2.52. The second kappa shape index (κ2) is 7.82. The number of hydrogen-bond acceptors (Lipinski definition) is 5.